The average molecular weight is 333 g/mol. The summed E-state index contributed by atoms with van der Waals surface area (Å²) < 4.78 is 5.45. The van der Waals surface area contributed by atoms with Crippen molar-refractivity contribution in [2.75, 3.05) is 39.5 Å². The van der Waals surface area contributed by atoms with Gasteiger partial charge in [0.2, 0.25) is 5.91 Å². The van der Waals surface area contributed by atoms with E-state index >= 15 is 0 Å². The van der Waals surface area contributed by atoms with Gasteiger partial charge in [-0.05, 0) is 18.4 Å². The van der Waals surface area contributed by atoms with E-state index in [0.29, 0.717) is 19.7 Å². The molecule has 1 heterocycles. The van der Waals surface area contributed by atoms with Crippen LogP contribution in [0.2, 0.25) is 0 Å². The van der Waals surface area contributed by atoms with Crippen molar-refractivity contribution in [2.45, 2.75) is 26.3 Å². The summed E-state index contributed by atoms with van der Waals surface area (Å²) in [5.74, 6) is 0.675. The molecule has 6 heteroatoms. The third-order valence-corrected chi connectivity index (χ3v) is 3.83. The van der Waals surface area contributed by atoms with Crippen molar-refractivity contribution >= 4 is 11.7 Å². The summed E-state index contributed by atoms with van der Waals surface area (Å²) in [5.41, 5.74) is 2.10. The molecule has 6 nitrogen and oxygen atoms in total. The highest BCUT2D eigenvalue weighted by molar-refractivity contribution is 5.99. The fraction of sp³-hybridized carbons (Fsp3) is 0.556. The van der Waals surface area contributed by atoms with Crippen LogP contribution < -0.4 is 5.32 Å². The van der Waals surface area contributed by atoms with Crippen LogP contribution in [0.5, 0.6) is 0 Å². The first-order chi connectivity index (χ1) is 11.7. The number of rotatable bonds is 10. The zero-order valence-electron chi connectivity index (χ0n) is 14.3. The molecular weight excluding hydrogens is 306 g/mol. The summed E-state index contributed by atoms with van der Waals surface area (Å²) in [7, 11) is 0. The maximum absolute atomic E-state index is 11.9. The molecule has 0 saturated heterocycles. The van der Waals surface area contributed by atoms with Gasteiger partial charge in [0.15, 0.2) is 0 Å². The molecule has 2 N–H and O–H groups in total. The molecule has 132 valence electrons. The van der Waals surface area contributed by atoms with Crippen LogP contribution in [0.1, 0.15) is 30.9 Å². The smallest absolute Gasteiger partial charge is 0.248 e. The zero-order chi connectivity index (χ0) is 17.2. The lowest BCUT2D eigenvalue weighted by Gasteiger charge is -2.22. The Morgan fingerprint density at radius 2 is 2.12 bits per heavy atom. The fourth-order valence-corrected chi connectivity index (χ4v) is 2.58. The number of aliphatic imine (C=N–C) groups is 1. The normalized spacial score (nSPS) is 13.5. The molecule has 0 unspecified atom stereocenters. The standard InChI is InChI=1S/C18H27N3O3/c1-2-11-24-12-3-10-21(17(23)14-22)13-15-4-6-16(7-5-15)18-19-8-9-20-18/h4-7,22H,2-3,8-14H2,1H3,(H,19,20). The van der Waals surface area contributed by atoms with Gasteiger partial charge in [0.1, 0.15) is 12.4 Å². The number of aliphatic hydroxyl groups is 1. The highest BCUT2D eigenvalue weighted by Gasteiger charge is 2.13. The maximum atomic E-state index is 11.9. The first-order valence-corrected chi connectivity index (χ1v) is 8.58. The minimum atomic E-state index is -0.464. The second-order valence-electron chi connectivity index (χ2n) is 5.79. The molecule has 0 atom stereocenters. The Balaban J connectivity index is 1.89. The van der Waals surface area contributed by atoms with E-state index in [1.807, 2.05) is 24.3 Å². The molecule has 1 amide bonds. The van der Waals surface area contributed by atoms with Gasteiger partial charge in [0, 0.05) is 38.4 Å². The van der Waals surface area contributed by atoms with E-state index in [4.69, 9.17) is 9.84 Å². The largest absolute Gasteiger partial charge is 0.387 e. The molecule has 1 aromatic carbocycles. The molecule has 0 fully saturated rings. The maximum Gasteiger partial charge on any atom is 0.248 e. The van der Waals surface area contributed by atoms with Crippen molar-refractivity contribution < 1.29 is 14.6 Å². The van der Waals surface area contributed by atoms with E-state index in [0.717, 1.165) is 49.5 Å². The van der Waals surface area contributed by atoms with Crippen molar-refractivity contribution in [2.24, 2.45) is 4.99 Å². The van der Waals surface area contributed by atoms with Crippen molar-refractivity contribution in [3.63, 3.8) is 0 Å². The van der Waals surface area contributed by atoms with E-state index in [1.54, 1.807) is 4.90 Å². The Bertz CT molecular complexity index is 543. The second-order valence-corrected chi connectivity index (χ2v) is 5.79. The quantitative estimate of drug-likeness (QED) is 0.631. The van der Waals surface area contributed by atoms with Crippen molar-refractivity contribution in [1.82, 2.24) is 10.2 Å². The van der Waals surface area contributed by atoms with Gasteiger partial charge in [-0.3, -0.25) is 9.79 Å². The highest BCUT2D eigenvalue weighted by Crippen LogP contribution is 2.10. The van der Waals surface area contributed by atoms with Gasteiger partial charge in [-0.15, -0.1) is 0 Å². The molecule has 0 aliphatic carbocycles. The van der Waals surface area contributed by atoms with Crippen LogP contribution in [0.4, 0.5) is 0 Å². The number of benzene rings is 1. The lowest BCUT2D eigenvalue weighted by atomic mass is 10.1. The van der Waals surface area contributed by atoms with Gasteiger partial charge in [-0.2, -0.15) is 0 Å². The Hall–Kier alpha value is -1.92. The summed E-state index contributed by atoms with van der Waals surface area (Å²) in [6, 6.07) is 8.03. The molecule has 1 aliphatic heterocycles. The molecule has 0 aromatic heterocycles. The van der Waals surface area contributed by atoms with Crippen LogP contribution in [0.15, 0.2) is 29.3 Å². The summed E-state index contributed by atoms with van der Waals surface area (Å²) in [6.07, 6.45) is 1.76. The zero-order valence-corrected chi connectivity index (χ0v) is 14.3. The molecule has 1 aromatic rings. The van der Waals surface area contributed by atoms with Crippen molar-refractivity contribution in [3.8, 4) is 0 Å². The number of aliphatic hydroxyl groups excluding tert-OH is 1. The van der Waals surface area contributed by atoms with Crippen molar-refractivity contribution in [3.05, 3.63) is 35.4 Å². The first kappa shape index (κ1) is 18.4. The molecule has 0 spiro atoms. The number of nitrogens with one attached hydrogen (secondary N) is 1. The molecule has 0 saturated carbocycles. The van der Waals surface area contributed by atoms with Gasteiger partial charge < -0.3 is 20.1 Å². The summed E-state index contributed by atoms with van der Waals surface area (Å²) in [4.78, 5) is 18.0. The SMILES string of the molecule is CCCOCCCN(Cc1ccc(C2=NCCN2)cc1)C(=O)CO. The topological polar surface area (TPSA) is 74.2 Å². The number of amides is 1. The predicted molar refractivity (Wildman–Crippen MR) is 94.1 cm³/mol. The van der Waals surface area contributed by atoms with E-state index < -0.39 is 6.61 Å². The van der Waals surface area contributed by atoms with Gasteiger partial charge in [-0.25, -0.2) is 0 Å². The minimum Gasteiger partial charge on any atom is -0.387 e. The second kappa shape index (κ2) is 10.1. The molecule has 0 radical (unpaired) electrons. The number of amidine groups is 1. The average Bonchev–Trinajstić information content (AvgIpc) is 3.15. The van der Waals surface area contributed by atoms with Crippen LogP contribution in [0, 0.1) is 0 Å². The Kier molecular flexibility index (Phi) is 7.71. The van der Waals surface area contributed by atoms with E-state index in [2.05, 4.69) is 17.2 Å². The minimum absolute atomic E-state index is 0.253. The summed E-state index contributed by atoms with van der Waals surface area (Å²) in [5, 5.41) is 12.4. The third kappa shape index (κ3) is 5.62. The lowest BCUT2D eigenvalue weighted by Crippen LogP contribution is -2.34. The fourth-order valence-electron chi connectivity index (χ4n) is 2.58. The lowest BCUT2D eigenvalue weighted by molar-refractivity contribution is -0.135. The van der Waals surface area contributed by atoms with Crippen LogP contribution in [-0.2, 0) is 16.1 Å². The number of hydrogen-bond acceptors (Lipinski definition) is 5. The summed E-state index contributed by atoms with van der Waals surface area (Å²) in [6.45, 7) is 5.76. The molecule has 0 bridgehead atoms. The molecule has 1 aliphatic rings. The Labute approximate surface area is 143 Å². The van der Waals surface area contributed by atoms with Crippen LogP contribution in [0.25, 0.3) is 0 Å². The van der Waals surface area contributed by atoms with Crippen LogP contribution >= 0.6 is 0 Å². The van der Waals surface area contributed by atoms with Gasteiger partial charge in [0.05, 0.1) is 6.54 Å². The summed E-state index contributed by atoms with van der Waals surface area (Å²) >= 11 is 0. The van der Waals surface area contributed by atoms with Gasteiger partial charge in [0.25, 0.3) is 0 Å². The van der Waals surface area contributed by atoms with E-state index in [1.165, 1.54) is 0 Å². The van der Waals surface area contributed by atoms with Crippen molar-refractivity contribution in [1.29, 1.82) is 0 Å². The highest BCUT2D eigenvalue weighted by atomic mass is 16.5. The number of nitrogens with zero attached hydrogens (tertiary/aromatic N) is 2. The third-order valence-electron chi connectivity index (χ3n) is 3.83. The number of carbonyl (C=O) groups is 1. The molecular formula is C18H27N3O3. The predicted octanol–water partition coefficient (Wildman–Crippen LogP) is 1.17. The Morgan fingerprint density at radius 3 is 2.75 bits per heavy atom. The van der Waals surface area contributed by atoms with E-state index in [9.17, 15) is 4.79 Å². The van der Waals surface area contributed by atoms with Crippen LogP contribution in [0.3, 0.4) is 0 Å². The molecule has 2 rings (SSSR count). The first-order valence-electron chi connectivity index (χ1n) is 8.58. The van der Waals surface area contributed by atoms with Gasteiger partial charge in [-0.1, -0.05) is 31.2 Å². The number of carbonyl (C=O) groups excluding carboxylic acids is 1. The van der Waals surface area contributed by atoms with Crippen LogP contribution in [-0.4, -0.2) is 61.2 Å². The number of hydrogen-bond donors (Lipinski definition) is 2. The monoisotopic (exact) mass is 333 g/mol. The molecule has 24 heavy (non-hydrogen) atoms. The van der Waals surface area contributed by atoms with E-state index in [-0.39, 0.29) is 5.91 Å². The Morgan fingerprint density at radius 1 is 1.33 bits per heavy atom. The van der Waals surface area contributed by atoms with Gasteiger partial charge >= 0.3 is 0 Å². The number of ether oxygens (including phenoxy) is 1.